The molecule has 0 saturated carbocycles. The lowest BCUT2D eigenvalue weighted by Crippen LogP contribution is -2.05. The summed E-state index contributed by atoms with van der Waals surface area (Å²) in [6.45, 7) is 4.21. The summed E-state index contributed by atoms with van der Waals surface area (Å²) in [5.74, 6) is 0. The molecule has 0 aliphatic carbocycles. The lowest BCUT2D eigenvalue weighted by atomic mass is 9.98. The molecule has 0 saturated heterocycles. The molecule has 0 spiro atoms. The van der Waals surface area contributed by atoms with Crippen LogP contribution in [0.1, 0.15) is 0 Å². The van der Waals surface area contributed by atoms with Gasteiger partial charge in [0.2, 0.25) is 0 Å². The Morgan fingerprint density at radius 2 is 1.58 bits per heavy atom. The monoisotopic (exact) mass is 245 g/mol. The zero-order chi connectivity index (χ0) is 13.0. The van der Waals surface area contributed by atoms with E-state index in [0.29, 0.717) is 5.69 Å². The van der Waals surface area contributed by atoms with Crippen molar-refractivity contribution in [1.82, 2.24) is 9.97 Å². The van der Waals surface area contributed by atoms with Gasteiger partial charge in [-0.2, -0.15) is 0 Å². The van der Waals surface area contributed by atoms with Crippen LogP contribution in [0.25, 0.3) is 39.2 Å². The van der Waals surface area contributed by atoms with Gasteiger partial charge in [-0.15, -0.1) is 0 Å². The van der Waals surface area contributed by atoms with E-state index in [1.807, 2.05) is 24.3 Å². The number of hydrogen-bond acceptors (Lipinski definition) is 3. The van der Waals surface area contributed by atoms with Crippen LogP contribution in [0.15, 0.2) is 42.7 Å². The molecule has 1 aromatic heterocycles. The van der Waals surface area contributed by atoms with Gasteiger partial charge < -0.3 is 5.73 Å². The minimum absolute atomic E-state index is 0.676. The van der Waals surface area contributed by atoms with E-state index >= 15 is 0 Å². The van der Waals surface area contributed by atoms with Crippen LogP contribution in [0.5, 0.6) is 0 Å². The molecular formula is C16H11N3. The first kappa shape index (κ1) is 10.3. The largest absolute Gasteiger partial charge is 0.397 e. The van der Waals surface area contributed by atoms with Crippen LogP contribution in [0.4, 0.5) is 5.69 Å². The highest BCUT2D eigenvalue weighted by molar-refractivity contribution is 6.20. The van der Waals surface area contributed by atoms with Crippen molar-refractivity contribution in [1.29, 1.82) is 0 Å². The molecule has 4 aromatic rings. The molecule has 3 nitrogen and oxygen atoms in total. The maximum Gasteiger partial charge on any atom is 0.116 e. The number of nitrogen functional groups attached to an aromatic ring is 1. The molecule has 3 heteroatoms. The van der Waals surface area contributed by atoms with Crippen LogP contribution in [-0.2, 0) is 0 Å². The van der Waals surface area contributed by atoms with Gasteiger partial charge in [0, 0.05) is 10.8 Å². The first-order valence-corrected chi connectivity index (χ1v) is 6.09. The SMILES string of the molecule is C=c1c2ccccc2c2ncnc3c(N)ccc1c32. The van der Waals surface area contributed by atoms with E-state index in [9.17, 15) is 0 Å². The zero-order valence-corrected chi connectivity index (χ0v) is 10.2. The van der Waals surface area contributed by atoms with E-state index in [0.717, 1.165) is 37.8 Å². The molecule has 0 amide bonds. The molecule has 3 aromatic carbocycles. The molecule has 0 fully saturated rings. The first-order valence-electron chi connectivity index (χ1n) is 6.09. The highest BCUT2D eigenvalue weighted by atomic mass is 14.8. The van der Waals surface area contributed by atoms with Gasteiger partial charge in [-0.05, 0) is 22.1 Å². The van der Waals surface area contributed by atoms with Crippen LogP contribution in [-0.4, -0.2) is 9.97 Å². The third-order valence-corrected chi connectivity index (χ3v) is 3.65. The third-order valence-electron chi connectivity index (χ3n) is 3.65. The van der Waals surface area contributed by atoms with Crippen molar-refractivity contribution in [3.05, 3.63) is 47.9 Å². The summed E-state index contributed by atoms with van der Waals surface area (Å²) in [6, 6.07) is 12.1. The fourth-order valence-corrected chi connectivity index (χ4v) is 2.75. The van der Waals surface area contributed by atoms with Gasteiger partial charge in [0.1, 0.15) is 6.33 Å². The second kappa shape index (κ2) is 3.42. The zero-order valence-electron chi connectivity index (χ0n) is 10.2. The number of aromatic nitrogens is 2. The Bertz CT molecular complexity index is 989. The Balaban J connectivity index is 2.51. The molecule has 19 heavy (non-hydrogen) atoms. The summed E-state index contributed by atoms with van der Waals surface area (Å²) in [5, 5.41) is 5.30. The number of benzene rings is 3. The second-order valence-electron chi connectivity index (χ2n) is 4.67. The summed E-state index contributed by atoms with van der Waals surface area (Å²) in [5.41, 5.74) is 8.44. The molecule has 0 bridgehead atoms. The van der Waals surface area contributed by atoms with Gasteiger partial charge in [-0.1, -0.05) is 36.9 Å². The molecule has 0 unspecified atom stereocenters. The molecular weight excluding hydrogens is 234 g/mol. The Hall–Kier alpha value is -2.68. The van der Waals surface area contributed by atoms with Crippen molar-refractivity contribution in [2.24, 2.45) is 0 Å². The van der Waals surface area contributed by atoms with Crippen LogP contribution < -0.4 is 11.0 Å². The van der Waals surface area contributed by atoms with Crippen molar-refractivity contribution < 1.29 is 0 Å². The molecule has 0 aliphatic heterocycles. The van der Waals surface area contributed by atoms with E-state index in [2.05, 4.69) is 28.7 Å². The second-order valence-corrected chi connectivity index (χ2v) is 4.67. The van der Waals surface area contributed by atoms with Gasteiger partial charge in [0.25, 0.3) is 0 Å². The summed E-state index contributed by atoms with van der Waals surface area (Å²) in [4.78, 5) is 8.76. The van der Waals surface area contributed by atoms with Crippen molar-refractivity contribution in [2.45, 2.75) is 0 Å². The van der Waals surface area contributed by atoms with Crippen molar-refractivity contribution in [3.8, 4) is 0 Å². The standard InChI is InChI=1S/C16H11N3/c1-9-10-4-2-3-5-12(10)15-14-11(9)6-7-13(17)16(14)19-8-18-15/h2-8H,1,17H2. The average Bonchev–Trinajstić information content (AvgIpc) is 2.46. The van der Waals surface area contributed by atoms with Crippen molar-refractivity contribution in [3.63, 3.8) is 0 Å². The predicted molar refractivity (Wildman–Crippen MR) is 79.7 cm³/mol. The Morgan fingerprint density at radius 3 is 2.42 bits per heavy atom. The average molecular weight is 245 g/mol. The minimum Gasteiger partial charge on any atom is -0.397 e. The van der Waals surface area contributed by atoms with Crippen molar-refractivity contribution in [2.75, 3.05) is 5.73 Å². The van der Waals surface area contributed by atoms with E-state index < -0.39 is 0 Å². The first-order chi connectivity index (χ1) is 9.27. The molecule has 0 aliphatic rings. The lowest BCUT2D eigenvalue weighted by molar-refractivity contribution is 1.27. The van der Waals surface area contributed by atoms with E-state index in [-0.39, 0.29) is 0 Å². The van der Waals surface area contributed by atoms with E-state index in [1.54, 1.807) is 6.33 Å². The summed E-state index contributed by atoms with van der Waals surface area (Å²) >= 11 is 0. The van der Waals surface area contributed by atoms with Crippen LogP contribution in [0, 0.1) is 0 Å². The fourth-order valence-electron chi connectivity index (χ4n) is 2.75. The maximum atomic E-state index is 6.02. The molecule has 1 heterocycles. The predicted octanol–water partition coefficient (Wildman–Crippen LogP) is 2.65. The number of rotatable bonds is 0. The Kier molecular flexibility index (Phi) is 1.85. The topological polar surface area (TPSA) is 51.8 Å². The van der Waals surface area contributed by atoms with Crippen LogP contribution in [0.2, 0.25) is 0 Å². The smallest absolute Gasteiger partial charge is 0.116 e. The number of nitrogens with two attached hydrogens (primary N) is 1. The summed E-state index contributed by atoms with van der Waals surface area (Å²) in [6.07, 6.45) is 1.57. The van der Waals surface area contributed by atoms with Gasteiger partial charge in [0.05, 0.1) is 16.7 Å². The van der Waals surface area contributed by atoms with E-state index in [1.165, 1.54) is 0 Å². The highest BCUT2D eigenvalue weighted by Crippen LogP contribution is 2.30. The fraction of sp³-hybridized carbons (Fsp3) is 0. The van der Waals surface area contributed by atoms with Gasteiger partial charge in [-0.25, -0.2) is 9.97 Å². The third kappa shape index (κ3) is 1.21. The van der Waals surface area contributed by atoms with Gasteiger partial charge in [0.15, 0.2) is 0 Å². The van der Waals surface area contributed by atoms with Crippen molar-refractivity contribution >= 4 is 44.8 Å². The molecule has 0 radical (unpaired) electrons. The quantitative estimate of drug-likeness (QED) is 0.294. The Morgan fingerprint density at radius 1 is 0.842 bits per heavy atom. The number of anilines is 1. The maximum absolute atomic E-state index is 6.02. The van der Waals surface area contributed by atoms with E-state index in [4.69, 9.17) is 5.73 Å². The van der Waals surface area contributed by atoms with Crippen LogP contribution in [0.3, 0.4) is 0 Å². The summed E-state index contributed by atoms with van der Waals surface area (Å²) in [7, 11) is 0. The molecule has 0 atom stereocenters. The number of hydrogen-bond donors (Lipinski definition) is 1. The Labute approximate surface area is 109 Å². The normalized spacial score (nSPS) is 11.6. The van der Waals surface area contributed by atoms with Gasteiger partial charge >= 0.3 is 0 Å². The van der Waals surface area contributed by atoms with Crippen LogP contribution >= 0.6 is 0 Å². The number of nitrogens with zero attached hydrogens (tertiary/aromatic N) is 2. The number of fused-ring (bicyclic) bond motifs is 2. The van der Waals surface area contributed by atoms with Gasteiger partial charge in [-0.3, -0.25) is 0 Å². The summed E-state index contributed by atoms with van der Waals surface area (Å²) < 4.78 is 0. The lowest BCUT2D eigenvalue weighted by Gasteiger charge is -2.10. The highest BCUT2D eigenvalue weighted by Gasteiger charge is 2.11. The molecule has 4 rings (SSSR count). The molecule has 90 valence electrons. The minimum atomic E-state index is 0.676. The molecule has 2 N–H and O–H groups in total.